The van der Waals surface area contributed by atoms with Crippen LogP contribution in [0.1, 0.15) is 25.8 Å². The van der Waals surface area contributed by atoms with Gasteiger partial charge in [-0.25, -0.2) is 8.78 Å². The number of Topliss-reactive ketones (excluding diaryl/α,β-unsaturated/α-hetero) is 1. The number of benzene rings is 1. The van der Waals surface area contributed by atoms with Crippen molar-refractivity contribution in [2.45, 2.75) is 32.3 Å². The van der Waals surface area contributed by atoms with Crippen LogP contribution in [0.25, 0.3) is 0 Å². The molecule has 94 valence electrons. The van der Waals surface area contributed by atoms with Crippen molar-refractivity contribution >= 4 is 5.78 Å². The molecule has 0 saturated heterocycles. The van der Waals surface area contributed by atoms with Crippen LogP contribution in [0, 0.1) is 11.6 Å². The van der Waals surface area contributed by atoms with Crippen molar-refractivity contribution in [2.75, 3.05) is 7.11 Å². The number of carbonyl (C=O) groups excluding carboxylic acids is 1. The maximum Gasteiger partial charge on any atom is 0.168 e. The zero-order valence-corrected chi connectivity index (χ0v) is 10.2. The van der Waals surface area contributed by atoms with Crippen molar-refractivity contribution in [1.29, 1.82) is 0 Å². The summed E-state index contributed by atoms with van der Waals surface area (Å²) in [6, 6.07) is 3.10. The van der Waals surface area contributed by atoms with Crippen LogP contribution in [0.3, 0.4) is 0 Å². The highest BCUT2D eigenvalue weighted by molar-refractivity contribution is 5.88. The normalized spacial score (nSPS) is 14.4. The fourth-order valence-corrected chi connectivity index (χ4v) is 1.54. The SMILES string of the molecule is CCC(C)(OC)C(=O)Cc1cc(F)cc(F)c1. The molecule has 0 amide bonds. The summed E-state index contributed by atoms with van der Waals surface area (Å²) >= 11 is 0. The van der Waals surface area contributed by atoms with Crippen molar-refractivity contribution in [1.82, 2.24) is 0 Å². The monoisotopic (exact) mass is 242 g/mol. The van der Waals surface area contributed by atoms with Crippen molar-refractivity contribution in [3.63, 3.8) is 0 Å². The van der Waals surface area contributed by atoms with E-state index in [9.17, 15) is 13.6 Å². The van der Waals surface area contributed by atoms with E-state index in [1.807, 2.05) is 6.92 Å². The Kier molecular flexibility index (Phi) is 4.34. The van der Waals surface area contributed by atoms with Gasteiger partial charge in [0.2, 0.25) is 0 Å². The molecule has 0 fully saturated rings. The Morgan fingerprint density at radius 3 is 2.24 bits per heavy atom. The molecule has 1 unspecified atom stereocenters. The van der Waals surface area contributed by atoms with Gasteiger partial charge in [0.15, 0.2) is 5.78 Å². The minimum atomic E-state index is -0.900. The summed E-state index contributed by atoms with van der Waals surface area (Å²) in [4.78, 5) is 11.9. The summed E-state index contributed by atoms with van der Waals surface area (Å²) in [6.07, 6.45) is 0.479. The predicted molar refractivity (Wildman–Crippen MR) is 60.8 cm³/mol. The van der Waals surface area contributed by atoms with E-state index in [4.69, 9.17) is 4.74 Å². The molecule has 0 saturated carbocycles. The third-order valence-corrected chi connectivity index (χ3v) is 3.00. The van der Waals surface area contributed by atoms with Gasteiger partial charge < -0.3 is 4.74 Å². The minimum absolute atomic E-state index is 0.0349. The van der Waals surface area contributed by atoms with Crippen LogP contribution in [0.5, 0.6) is 0 Å². The first-order chi connectivity index (χ1) is 7.91. The predicted octanol–water partition coefficient (Wildman–Crippen LogP) is 2.89. The quantitative estimate of drug-likeness (QED) is 0.793. The highest BCUT2D eigenvalue weighted by atomic mass is 19.1. The van der Waals surface area contributed by atoms with Gasteiger partial charge in [0.1, 0.15) is 17.2 Å². The molecular formula is C13H16F2O2. The van der Waals surface area contributed by atoms with Gasteiger partial charge in [-0.05, 0) is 31.0 Å². The van der Waals surface area contributed by atoms with E-state index in [0.29, 0.717) is 12.0 Å². The molecule has 17 heavy (non-hydrogen) atoms. The van der Waals surface area contributed by atoms with E-state index < -0.39 is 17.2 Å². The van der Waals surface area contributed by atoms with Gasteiger partial charge in [0.25, 0.3) is 0 Å². The molecule has 0 spiro atoms. The van der Waals surface area contributed by atoms with E-state index in [-0.39, 0.29) is 12.2 Å². The molecule has 0 aliphatic heterocycles. The second-order valence-corrected chi connectivity index (χ2v) is 4.17. The van der Waals surface area contributed by atoms with E-state index in [1.165, 1.54) is 7.11 Å². The first kappa shape index (κ1) is 13.8. The number of methoxy groups -OCH3 is 1. The van der Waals surface area contributed by atoms with E-state index in [0.717, 1.165) is 18.2 Å². The van der Waals surface area contributed by atoms with Crippen molar-refractivity contribution in [3.8, 4) is 0 Å². The largest absolute Gasteiger partial charge is 0.371 e. The lowest BCUT2D eigenvalue weighted by atomic mass is 9.92. The molecule has 0 heterocycles. The molecule has 0 N–H and O–H groups in total. The number of hydrogen-bond acceptors (Lipinski definition) is 2. The van der Waals surface area contributed by atoms with Gasteiger partial charge >= 0.3 is 0 Å². The smallest absolute Gasteiger partial charge is 0.168 e. The van der Waals surface area contributed by atoms with Crippen LogP contribution in [0.15, 0.2) is 18.2 Å². The molecule has 1 atom stereocenters. The summed E-state index contributed by atoms with van der Waals surface area (Å²) in [5.41, 5.74) is -0.577. The Morgan fingerprint density at radius 1 is 1.29 bits per heavy atom. The highest BCUT2D eigenvalue weighted by Crippen LogP contribution is 2.19. The molecule has 0 aromatic heterocycles. The first-order valence-corrected chi connectivity index (χ1v) is 5.44. The Balaban J connectivity index is 2.87. The van der Waals surface area contributed by atoms with E-state index in [2.05, 4.69) is 0 Å². The molecule has 1 rings (SSSR count). The average Bonchev–Trinajstić information content (AvgIpc) is 2.26. The maximum absolute atomic E-state index is 13.0. The van der Waals surface area contributed by atoms with Crippen LogP contribution in [0.2, 0.25) is 0 Å². The lowest BCUT2D eigenvalue weighted by molar-refractivity contribution is -0.138. The molecule has 4 heteroatoms. The molecule has 0 aliphatic carbocycles. The standard InChI is InChI=1S/C13H16F2O2/c1-4-13(2,17-3)12(16)7-9-5-10(14)8-11(15)6-9/h5-6,8H,4,7H2,1-3H3. The molecule has 0 radical (unpaired) electrons. The Hall–Kier alpha value is -1.29. The number of halogens is 2. The number of ether oxygens (including phenoxy) is 1. The number of carbonyl (C=O) groups is 1. The highest BCUT2D eigenvalue weighted by Gasteiger charge is 2.30. The molecule has 2 nitrogen and oxygen atoms in total. The second-order valence-electron chi connectivity index (χ2n) is 4.17. The Labute approximate surface area is 99.6 Å². The fraction of sp³-hybridized carbons (Fsp3) is 0.462. The van der Waals surface area contributed by atoms with Gasteiger partial charge in [0, 0.05) is 19.6 Å². The van der Waals surface area contributed by atoms with Crippen LogP contribution in [-0.4, -0.2) is 18.5 Å². The third kappa shape index (κ3) is 3.33. The van der Waals surface area contributed by atoms with Gasteiger partial charge in [-0.2, -0.15) is 0 Å². The molecular weight excluding hydrogens is 226 g/mol. The molecule has 1 aromatic carbocycles. The lowest BCUT2D eigenvalue weighted by Crippen LogP contribution is -2.37. The second kappa shape index (κ2) is 5.36. The van der Waals surface area contributed by atoms with Crippen molar-refractivity contribution in [3.05, 3.63) is 35.4 Å². The van der Waals surface area contributed by atoms with Gasteiger partial charge in [-0.1, -0.05) is 6.92 Å². The summed E-state index contributed by atoms with van der Waals surface area (Å²) in [5.74, 6) is -1.54. The number of ketones is 1. The van der Waals surface area contributed by atoms with Crippen LogP contribution < -0.4 is 0 Å². The zero-order valence-electron chi connectivity index (χ0n) is 10.2. The molecule has 1 aromatic rings. The summed E-state index contributed by atoms with van der Waals surface area (Å²) < 4.78 is 31.1. The summed E-state index contributed by atoms with van der Waals surface area (Å²) in [7, 11) is 1.45. The maximum atomic E-state index is 13.0. The van der Waals surface area contributed by atoms with E-state index >= 15 is 0 Å². The zero-order chi connectivity index (χ0) is 13.1. The van der Waals surface area contributed by atoms with Crippen LogP contribution in [-0.2, 0) is 16.0 Å². The third-order valence-electron chi connectivity index (χ3n) is 3.00. The van der Waals surface area contributed by atoms with Gasteiger partial charge in [-0.3, -0.25) is 4.79 Å². The minimum Gasteiger partial charge on any atom is -0.371 e. The molecule has 0 bridgehead atoms. The Bertz CT molecular complexity index is 392. The van der Waals surface area contributed by atoms with E-state index in [1.54, 1.807) is 6.92 Å². The van der Waals surface area contributed by atoms with Gasteiger partial charge in [-0.15, -0.1) is 0 Å². The topological polar surface area (TPSA) is 26.3 Å². The lowest BCUT2D eigenvalue weighted by Gasteiger charge is -2.24. The fourth-order valence-electron chi connectivity index (χ4n) is 1.54. The Morgan fingerprint density at radius 2 is 1.82 bits per heavy atom. The first-order valence-electron chi connectivity index (χ1n) is 5.44. The van der Waals surface area contributed by atoms with Gasteiger partial charge in [0.05, 0.1) is 0 Å². The molecule has 0 aliphatic rings. The van der Waals surface area contributed by atoms with Crippen molar-refractivity contribution in [2.24, 2.45) is 0 Å². The average molecular weight is 242 g/mol. The van der Waals surface area contributed by atoms with Crippen LogP contribution >= 0.6 is 0 Å². The summed E-state index contributed by atoms with van der Waals surface area (Å²) in [5, 5.41) is 0. The summed E-state index contributed by atoms with van der Waals surface area (Å²) in [6.45, 7) is 3.50. The van der Waals surface area contributed by atoms with Crippen LogP contribution in [0.4, 0.5) is 8.78 Å². The van der Waals surface area contributed by atoms with Crippen molar-refractivity contribution < 1.29 is 18.3 Å². The number of rotatable bonds is 5. The number of hydrogen-bond donors (Lipinski definition) is 0.